The van der Waals surface area contributed by atoms with Crippen LogP contribution >= 0.6 is 0 Å². The highest BCUT2D eigenvalue weighted by Crippen LogP contribution is 2.65. The SMILES string of the molecule is CCCC(CCCCCCC=CCC1=C2c3ccc(OCc4ccccc4)cc3CCC2C2CC[C@H](OCc3ccccc3)[C@@]2(C)C1)C(=O)OCC.CCCC(CCCCCCCCC[C@H]1C[C@@]2(C)C(CC[C@@H]2O)C2CCc3cc(O)ccc3C21)C(=O)OCC.COC1CCCO1. The van der Waals surface area contributed by atoms with Gasteiger partial charge in [-0.05, 0) is 240 Å². The first-order valence-corrected chi connectivity index (χ1v) is 39.1. The molecule has 3 saturated carbocycles. The number of unbranched alkanes of at least 4 members (excludes halogenated alkanes) is 10. The van der Waals surface area contributed by atoms with Gasteiger partial charge in [0.1, 0.15) is 18.1 Å². The van der Waals surface area contributed by atoms with E-state index in [4.69, 9.17) is 28.4 Å². The molecule has 0 amide bonds. The van der Waals surface area contributed by atoms with Gasteiger partial charge in [-0.1, -0.05) is 195 Å². The van der Waals surface area contributed by atoms with Crippen molar-refractivity contribution in [2.24, 2.45) is 52.3 Å². The molecule has 0 spiro atoms. The number of carbonyl (C=O) groups excluding carboxylic acids is 2. The number of hydrogen-bond acceptors (Lipinski definition) is 10. The number of allylic oxidation sites excluding steroid dienone is 4. The van der Waals surface area contributed by atoms with Gasteiger partial charge in [0.25, 0.3) is 0 Å². The van der Waals surface area contributed by atoms with Crippen molar-refractivity contribution >= 4 is 17.5 Å². The van der Waals surface area contributed by atoms with Gasteiger partial charge in [-0.25, -0.2) is 0 Å². The molecule has 10 heteroatoms. The maximum atomic E-state index is 12.3. The number of esters is 2. The van der Waals surface area contributed by atoms with Crippen molar-refractivity contribution in [1.82, 2.24) is 0 Å². The summed E-state index contributed by atoms with van der Waals surface area (Å²) < 4.78 is 33.6. The number of aromatic hydroxyl groups is 1. The Hall–Kier alpha value is -5.26. The summed E-state index contributed by atoms with van der Waals surface area (Å²) in [5.41, 5.74) is 11.7. The highest BCUT2D eigenvalue weighted by molar-refractivity contribution is 5.77. The Labute approximate surface area is 586 Å². The summed E-state index contributed by atoms with van der Waals surface area (Å²) in [6, 6.07) is 34.2. The largest absolute Gasteiger partial charge is 0.508 e. The molecule has 534 valence electrons. The number of aryl methyl sites for hydroxylation is 2. The topological polar surface area (TPSA) is 130 Å². The van der Waals surface area contributed by atoms with Crippen molar-refractivity contribution in [1.29, 1.82) is 0 Å². The van der Waals surface area contributed by atoms with E-state index in [0.717, 1.165) is 128 Å². The van der Waals surface area contributed by atoms with E-state index in [2.05, 4.69) is 125 Å². The summed E-state index contributed by atoms with van der Waals surface area (Å²) in [6.45, 7) is 16.1. The maximum Gasteiger partial charge on any atom is 0.308 e. The average Bonchev–Trinajstić information content (AvgIpc) is 1.70. The van der Waals surface area contributed by atoms with Crippen LogP contribution in [0.1, 0.15) is 273 Å². The second-order valence-corrected chi connectivity index (χ2v) is 30.6. The molecular weight excluding hydrogens is 1200 g/mol. The minimum Gasteiger partial charge on any atom is -0.508 e. The van der Waals surface area contributed by atoms with Gasteiger partial charge >= 0.3 is 11.9 Å². The van der Waals surface area contributed by atoms with Gasteiger partial charge in [-0.3, -0.25) is 9.59 Å². The van der Waals surface area contributed by atoms with Crippen LogP contribution in [0.5, 0.6) is 11.5 Å². The molecule has 1 aliphatic heterocycles. The van der Waals surface area contributed by atoms with Crippen LogP contribution < -0.4 is 4.74 Å². The molecule has 0 aromatic heterocycles. The first kappa shape index (κ1) is 75.9. The molecule has 8 unspecified atom stereocenters. The van der Waals surface area contributed by atoms with Gasteiger partial charge in [0.05, 0.1) is 43.9 Å². The van der Waals surface area contributed by atoms with Gasteiger partial charge in [-0.2, -0.15) is 0 Å². The fraction of sp³-hybridized carbons (Fsp3) is 0.655. The maximum absolute atomic E-state index is 12.3. The van der Waals surface area contributed by atoms with E-state index in [9.17, 15) is 19.8 Å². The predicted molar refractivity (Wildman–Crippen MR) is 393 cm³/mol. The molecule has 4 fully saturated rings. The Balaban J connectivity index is 0.000000214. The molecule has 4 aromatic rings. The van der Waals surface area contributed by atoms with Gasteiger partial charge in [0.15, 0.2) is 6.29 Å². The summed E-state index contributed by atoms with van der Waals surface area (Å²) in [4.78, 5) is 24.4. The number of phenolic OH excluding ortho intramolecular Hbond substituents is 1. The van der Waals surface area contributed by atoms with E-state index in [-0.39, 0.29) is 53.1 Å². The average molecular weight is 1330 g/mol. The number of aliphatic hydroxyl groups excluding tert-OH is 1. The first-order chi connectivity index (χ1) is 47.3. The lowest BCUT2D eigenvalue weighted by Crippen LogP contribution is -2.47. The zero-order chi connectivity index (χ0) is 68.4. The standard InChI is InChI=1S/C48H62O4.C34H54O4.C5H10O2/c1-4-19-38(47(49)50-5-2)24-17-9-7-6-8-10-18-25-40-33-48(3)44(30-31-45(48)52-35-37-22-15-12-16-23-37)43-28-26-39-32-41(27-29-42(39)46(40)43)51-34-36-20-13-11-14-21-36;1-4-13-24(33(37)38-5-2)14-11-9-7-6-8-10-12-15-26-23-34(3)30(20-21-31(34)36)29-18-16-25-22-27(35)17-19-28(25)32(26)29;1-6-5-3-2-4-7-5/h10-16,18,20-23,27,29,32,38,43-45H,4-9,17,19,24-26,28,30-31,33-35H2,1-3H3;17,19,22,24,26,29-32,35-36H,4-16,18,20-21,23H2,1-3H3;5H,2-4H2,1H3/t38?,43?,44?,45-,48-;24?,26-,29?,30?,31-,32?,34-;/m00./s1. The summed E-state index contributed by atoms with van der Waals surface area (Å²) in [5.74, 6) is 5.32. The number of benzene rings is 4. The molecular formula is C87H126O10. The van der Waals surface area contributed by atoms with Gasteiger partial charge in [0, 0.05) is 25.6 Å². The van der Waals surface area contributed by atoms with Crippen LogP contribution in [-0.4, -0.2) is 67.6 Å². The molecule has 6 aliphatic carbocycles. The molecule has 1 heterocycles. The number of rotatable bonds is 34. The van der Waals surface area contributed by atoms with Gasteiger partial charge in [-0.15, -0.1) is 0 Å². The van der Waals surface area contributed by atoms with Crippen molar-refractivity contribution in [3.8, 4) is 11.5 Å². The molecule has 10 nitrogen and oxygen atoms in total. The van der Waals surface area contributed by atoms with Gasteiger partial charge in [0.2, 0.25) is 0 Å². The summed E-state index contributed by atoms with van der Waals surface area (Å²) in [7, 11) is 1.68. The predicted octanol–water partition coefficient (Wildman–Crippen LogP) is 21.3. The normalized spacial score (nSPS) is 26.6. The van der Waals surface area contributed by atoms with Gasteiger partial charge < -0.3 is 38.6 Å². The minimum atomic E-state index is -0.141. The van der Waals surface area contributed by atoms with E-state index < -0.39 is 0 Å². The first-order valence-electron chi connectivity index (χ1n) is 39.1. The number of carbonyl (C=O) groups is 2. The van der Waals surface area contributed by atoms with Crippen LogP contribution in [0.25, 0.3) is 5.57 Å². The van der Waals surface area contributed by atoms with E-state index >= 15 is 0 Å². The van der Waals surface area contributed by atoms with Crippen molar-refractivity contribution in [2.75, 3.05) is 26.9 Å². The second-order valence-electron chi connectivity index (χ2n) is 30.6. The minimum absolute atomic E-state index is 0.00185. The third-order valence-electron chi connectivity index (χ3n) is 24.1. The number of phenols is 1. The Kier molecular flexibility index (Phi) is 30.6. The molecule has 0 bridgehead atoms. The van der Waals surface area contributed by atoms with E-state index in [1.165, 1.54) is 123 Å². The third kappa shape index (κ3) is 20.7. The Morgan fingerprint density at radius 3 is 1.92 bits per heavy atom. The van der Waals surface area contributed by atoms with Crippen molar-refractivity contribution < 1.29 is 48.2 Å². The van der Waals surface area contributed by atoms with Crippen molar-refractivity contribution in [3.63, 3.8) is 0 Å². The molecule has 1 saturated heterocycles. The lowest BCUT2D eigenvalue weighted by molar-refractivity contribution is -0.149. The fourth-order valence-electron chi connectivity index (χ4n) is 19.2. The van der Waals surface area contributed by atoms with Crippen LogP contribution in [0.15, 0.2) is 115 Å². The van der Waals surface area contributed by atoms with E-state index in [0.29, 0.717) is 67.7 Å². The zero-order valence-corrected chi connectivity index (χ0v) is 61.1. The van der Waals surface area contributed by atoms with Crippen LogP contribution in [0.3, 0.4) is 0 Å². The van der Waals surface area contributed by atoms with Crippen LogP contribution in [0.4, 0.5) is 0 Å². The third-order valence-corrected chi connectivity index (χ3v) is 24.1. The fourth-order valence-corrected chi connectivity index (χ4v) is 19.2. The number of aliphatic hydroxyl groups is 1. The summed E-state index contributed by atoms with van der Waals surface area (Å²) in [6.07, 6.45) is 41.5. The highest BCUT2D eigenvalue weighted by Gasteiger charge is 2.58. The number of ether oxygens (including phenoxy) is 6. The summed E-state index contributed by atoms with van der Waals surface area (Å²) in [5, 5.41) is 21.1. The molecule has 97 heavy (non-hydrogen) atoms. The molecule has 0 radical (unpaired) electrons. The molecule has 13 atom stereocenters. The molecule has 2 N–H and O–H groups in total. The molecule has 11 rings (SSSR count). The lowest BCUT2D eigenvalue weighted by Gasteiger charge is -2.54. The van der Waals surface area contributed by atoms with Crippen LogP contribution in [0.2, 0.25) is 0 Å². The Morgan fingerprint density at radius 1 is 0.639 bits per heavy atom. The quantitative estimate of drug-likeness (QED) is 0.0265. The zero-order valence-electron chi connectivity index (χ0n) is 61.1. The smallest absolute Gasteiger partial charge is 0.308 e. The number of fused-ring (bicyclic) bond motifs is 10. The summed E-state index contributed by atoms with van der Waals surface area (Å²) >= 11 is 0. The van der Waals surface area contributed by atoms with E-state index in [1.54, 1.807) is 18.3 Å². The van der Waals surface area contributed by atoms with Crippen molar-refractivity contribution in [2.45, 2.75) is 285 Å². The second kappa shape index (κ2) is 39.1. The number of methoxy groups -OCH3 is 1. The Bertz CT molecular complexity index is 3040. The Morgan fingerprint density at radius 2 is 1.28 bits per heavy atom. The molecule has 7 aliphatic rings. The highest BCUT2D eigenvalue weighted by atomic mass is 16.7. The number of hydrogen-bond donors (Lipinski definition) is 2. The van der Waals surface area contributed by atoms with Crippen LogP contribution in [-0.2, 0) is 59.3 Å². The molecule has 4 aromatic carbocycles. The lowest BCUT2D eigenvalue weighted by atomic mass is 9.51. The van der Waals surface area contributed by atoms with Crippen LogP contribution in [0, 0.1) is 52.3 Å². The monoisotopic (exact) mass is 1330 g/mol. The van der Waals surface area contributed by atoms with E-state index in [1.807, 2.05) is 26.0 Å². The van der Waals surface area contributed by atoms with Crippen molar-refractivity contribution in [3.05, 3.63) is 148 Å².